The molecule has 0 spiro atoms. The van der Waals surface area contributed by atoms with Gasteiger partial charge in [0, 0.05) is 11.8 Å². The molecule has 0 fully saturated rings. The molecule has 0 saturated carbocycles. The van der Waals surface area contributed by atoms with Crippen LogP contribution in [0.1, 0.15) is 0 Å². The zero-order valence-electron chi connectivity index (χ0n) is 54.8. The number of hydrogen-bond donors (Lipinski definition) is 1. The van der Waals surface area contributed by atoms with E-state index in [9.17, 15) is 4.79 Å². The minimum atomic E-state index is -2.86. The minimum absolute atomic E-state index is 0.00310. The van der Waals surface area contributed by atoms with Crippen molar-refractivity contribution in [1.82, 2.24) is 0 Å². The first-order valence-corrected chi connectivity index (χ1v) is 65.3. The van der Waals surface area contributed by atoms with Gasteiger partial charge in [0.15, 0.2) is 19.8 Å². The summed E-state index contributed by atoms with van der Waals surface area (Å²) in [6.45, 7) is 59.5. The third-order valence-corrected chi connectivity index (χ3v) is 58.6. The monoisotopic (exact) mass is 1380 g/mol. The molecule has 1 aliphatic heterocycles. The molecular formula is C46H109NO21Si13. The number of rotatable bonds is 29. The summed E-state index contributed by atoms with van der Waals surface area (Å²) in [5, 5.41) is 2.76. The highest BCUT2D eigenvalue weighted by molar-refractivity contribution is 6.94. The Labute approximate surface area is 502 Å². The molecule has 1 aromatic rings. The van der Waals surface area contributed by atoms with Gasteiger partial charge in [0.25, 0.3) is 0 Å². The molecular weight excluding hydrogens is 1270 g/mol. The van der Waals surface area contributed by atoms with Crippen LogP contribution in [0.2, 0.25) is 177 Å². The van der Waals surface area contributed by atoms with Gasteiger partial charge in [-0.15, -0.1) is 0 Å². The van der Waals surface area contributed by atoms with E-state index in [1.165, 1.54) is 0 Å². The Morgan fingerprint density at radius 3 is 0.901 bits per heavy atom. The van der Waals surface area contributed by atoms with Crippen LogP contribution >= 0.6 is 0 Å². The largest absolute Gasteiger partial charge is 0.487 e. The summed E-state index contributed by atoms with van der Waals surface area (Å²) in [4.78, 5) is 12.9. The summed E-state index contributed by atoms with van der Waals surface area (Å²) in [6.07, 6.45) is -0.653. The highest BCUT2D eigenvalue weighted by Crippen LogP contribution is 2.34. The summed E-state index contributed by atoms with van der Waals surface area (Å²) in [5.74, 6) is 0.934. The van der Waals surface area contributed by atoms with Crippen molar-refractivity contribution in [3.8, 4) is 11.5 Å². The zero-order valence-corrected chi connectivity index (χ0v) is 67.8. The molecule has 0 atom stereocenters. The maximum absolute atomic E-state index is 12.9. The first kappa shape index (κ1) is 77.3. The molecule has 22 nitrogen and oxygen atoms in total. The quantitative estimate of drug-likeness (QED) is 0.0583. The molecule has 35 heteroatoms. The molecule has 81 heavy (non-hydrogen) atoms. The van der Waals surface area contributed by atoms with Crippen LogP contribution in [-0.2, 0) is 77.5 Å². The fourth-order valence-electron chi connectivity index (χ4n) is 10.1. The predicted octanol–water partition coefficient (Wildman–Crippen LogP) is 11.5. The smallest absolute Gasteiger partial charge is 0.411 e. The van der Waals surface area contributed by atoms with E-state index >= 15 is 0 Å². The van der Waals surface area contributed by atoms with Gasteiger partial charge in [-0.25, -0.2) is 4.79 Å². The molecule has 1 amide bonds. The van der Waals surface area contributed by atoms with Gasteiger partial charge in [-0.2, -0.15) is 0 Å². The van der Waals surface area contributed by atoms with Crippen molar-refractivity contribution in [2.45, 2.75) is 177 Å². The molecule has 0 aliphatic carbocycles. The SMILES string of the molecule is C[Si](C)(C)O[Si](C)(C)O[Si](C)(C)O[Si](C)(C)O[Si](C)(C)O[Si](C)(C)O[Si](C)(C)O[Si](C)(C)O[Si](C)(C)O[Si](C)(C)O[Si](C)(C)O[Si](C)(C)O[Si](C)(C)OCCOC(=O)Nc1ccc2c(c1)OCCOCCOCCOCCOCCO2. The number of nitrogens with one attached hydrogen (secondary N) is 1. The maximum Gasteiger partial charge on any atom is 0.411 e. The summed E-state index contributed by atoms with van der Waals surface area (Å²) >= 11 is 0. The first-order valence-electron chi connectivity index (χ1n) is 28.1. The predicted molar refractivity (Wildman–Crippen MR) is 348 cm³/mol. The topological polar surface area (TPSA) is 214 Å². The second-order valence-electron chi connectivity index (χ2n) is 26.1. The fraction of sp³-hybridized carbons (Fsp3) is 0.848. The lowest BCUT2D eigenvalue weighted by atomic mass is 10.2. The lowest BCUT2D eigenvalue weighted by Crippen LogP contribution is -2.63. The van der Waals surface area contributed by atoms with Gasteiger partial charge in [-0.3, -0.25) is 5.32 Å². The second-order valence-corrected chi connectivity index (χ2v) is 74.0. The van der Waals surface area contributed by atoms with E-state index in [1.807, 2.05) is 105 Å². The summed E-state index contributed by atoms with van der Waals surface area (Å²) < 4.78 is 127. The van der Waals surface area contributed by atoms with E-state index in [2.05, 4.69) is 77.3 Å². The van der Waals surface area contributed by atoms with Gasteiger partial charge in [-0.05, 0) is 189 Å². The van der Waals surface area contributed by atoms with Crippen LogP contribution in [-0.4, -0.2) is 196 Å². The average Bonchev–Trinajstić information content (AvgIpc) is 3.16. The van der Waals surface area contributed by atoms with E-state index in [1.54, 1.807) is 18.2 Å². The Bertz CT molecular complexity index is 2070. The van der Waals surface area contributed by atoms with Crippen LogP contribution < -0.4 is 14.8 Å². The van der Waals surface area contributed by atoms with Gasteiger partial charge >= 0.3 is 109 Å². The zero-order chi connectivity index (χ0) is 62.3. The van der Waals surface area contributed by atoms with Crippen LogP contribution in [0.4, 0.5) is 10.5 Å². The minimum Gasteiger partial charge on any atom is -0.487 e. The Hall–Kier alpha value is 0.229. The number of ether oxygens (including phenoxy) is 7. The number of fused-ring (bicyclic) bond motifs is 1. The molecule has 0 radical (unpaired) electrons. The molecule has 0 saturated heterocycles. The van der Waals surface area contributed by atoms with Gasteiger partial charge in [0.05, 0.1) is 59.5 Å². The van der Waals surface area contributed by atoms with Crippen LogP contribution in [0.5, 0.6) is 11.5 Å². The number of hydrogen-bond acceptors (Lipinski definition) is 21. The van der Waals surface area contributed by atoms with Crippen LogP contribution in [0.3, 0.4) is 0 Å². The van der Waals surface area contributed by atoms with Crippen molar-refractivity contribution in [2.24, 2.45) is 0 Å². The molecule has 1 N–H and O–H groups in total. The lowest BCUT2D eigenvalue weighted by Gasteiger charge is -2.45. The van der Waals surface area contributed by atoms with Crippen LogP contribution in [0.15, 0.2) is 18.2 Å². The Morgan fingerprint density at radius 2 is 0.605 bits per heavy atom. The van der Waals surface area contributed by atoms with Crippen LogP contribution in [0.25, 0.3) is 0 Å². The van der Waals surface area contributed by atoms with Crippen molar-refractivity contribution in [3.63, 3.8) is 0 Å². The molecule has 2 rings (SSSR count). The molecule has 0 unspecified atom stereocenters. The third kappa shape index (κ3) is 36.3. The standard InChI is InChI=1S/C46H109NO21Si13/c1-69(2,3)57-71(6,7)59-73(10,11)61-75(14,15)63-77(18,19)65-79(22,23)67-81(26,27)68-80(24,25)66-78(20,21)64-76(16,17)62-74(12,13)60-72(8,9)58-70(4,5)56-41-40-55-46(48)47-43-28-29-44-45(42-43)54-39-37-52-35-33-50-31-30-49-32-34-51-36-38-53-44/h28-29,42H,30-41H2,1-27H3,(H,47,48). The third-order valence-electron chi connectivity index (χ3n) is 10.0. The molecule has 476 valence electrons. The van der Waals surface area contributed by atoms with E-state index in [0.29, 0.717) is 76.6 Å². The fourth-order valence-corrected chi connectivity index (χ4v) is 74.8. The lowest BCUT2D eigenvalue weighted by molar-refractivity contribution is -0.00841. The van der Waals surface area contributed by atoms with Crippen molar-refractivity contribution >= 4 is 123 Å². The van der Waals surface area contributed by atoms with E-state index in [-0.39, 0.29) is 19.8 Å². The van der Waals surface area contributed by atoms with Crippen molar-refractivity contribution in [1.29, 1.82) is 0 Å². The molecule has 1 heterocycles. The van der Waals surface area contributed by atoms with Crippen molar-refractivity contribution in [3.05, 3.63) is 18.2 Å². The number of amides is 1. The summed E-state index contributed by atoms with van der Waals surface area (Å²) in [6, 6.07) is 5.10. The molecule has 1 aliphatic rings. The summed E-state index contributed by atoms with van der Waals surface area (Å²) in [5.41, 5.74) is 0.460. The highest BCUT2D eigenvalue weighted by atomic mass is 28.5. The first-order chi connectivity index (χ1) is 36.4. The molecule has 1 aromatic carbocycles. The number of carbonyl (C=O) groups excluding carboxylic acids is 1. The number of benzene rings is 1. The number of carbonyl (C=O) groups is 1. The van der Waals surface area contributed by atoms with E-state index < -0.39 is 117 Å². The summed E-state index contributed by atoms with van der Waals surface area (Å²) in [7, 11) is -35.0. The normalized spacial score (nSPS) is 16.9. The van der Waals surface area contributed by atoms with Gasteiger partial charge in [0.1, 0.15) is 19.8 Å². The van der Waals surface area contributed by atoms with Gasteiger partial charge < -0.3 is 87.0 Å². The Balaban J connectivity index is 1.94. The highest BCUT2D eigenvalue weighted by Gasteiger charge is 2.52. The van der Waals surface area contributed by atoms with Gasteiger partial charge in [0.2, 0.25) is 0 Å². The van der Waals surface area contributed by atoms with Crippen LogP contribution in [0, 0.1) is 0 Å². The second kappa shape index (κ2) is 31.6. The number of anilines is 1. The van der Waals surface area contributed by atoms with Gasteiger partial charge in [-0.1, -0.05) is 0 Å². The van der Waals surface area contributed by atoms with E-state index in [0.717, 1.165) is 0 Å². The Morgan fingerprint density at radius 1 is 0.346 bits per heavy atom. The Kier molecular flexibility index (Phi) is 30.2. The van der Waals surface area contributed by atoms with Crippen molar-refractivity contribution < 1.29 is 91.8 Å². The van der Waals surface area contributed by atoms with Crippen molar-refractivity contribution in [2.75, 3.05) is 84.6 Å². The molecule has 0 bridgehead atoms. The molecule has 0 aromatic heterocycles. The average molecular weight is 1380 g/mol. The maximum atomic E-state index is 12.9. The van der Waals surface area contributed by atoms with E-state index in [4.69, 9.17) is 87.0 Å².